The van der Waals surface area contributed by atoms with Crippen LogP contribution in [0.2, 0.25) is 0 Å². The highest BCUT2D eigenvalue weighted by molar-refractivity contribution is 5.89. The number of hydrazine groups is 1. The number of nitrogens with zero attached hydrogens (tertiary/aromatic N) is 4. The van der Waals surface area contributed by atoms with E-state index in [1.165, 1.54) is 11.1 Å². The lowest BCUT2D eigenvalue weighted by molar-refractivity contribution is -0.145. The molecule has 1 aromatic heterocycles. The zero-order valence-corrected chi connectivity index (χ0v) is 17.3. The van der Waals surface area contributed by atoms with Crippen molar-refractivity contribution in [2.45, 2.75) is 26.9 Å². The highest BCUT2D eigenvalue weighted by atomic mass is 16.5. The number of aryl methyl sites for hydroxylation is 2. The molecule has 156 valence electrons. The molecule has 0 spiro atoms. The standard InChI is InChI=1S/C22H24N4O4/c1-14-8-20-18(15(2)23-30-20)9-19(14)25(13-22(28)29)12-21(27)24(3)26-10-16-6-4-5-7-17(16)11-26/h4-9H,10-13H2,1-3H3,(H,28,29). The van der Waals surface area contributed by atoms with E-state index in [4.69, 9.17) is 4.52 Å². The molecule has 0 fully saturated rings. The number of hydrogen-bond acceptors (Lipinski definition) is 6. The van der Waals surface area contributed by atoms with E-state index < -0.39 is 5.97 Å². The van der Waals surface area contributed by atoms with Crippen molar-refractivity contribution in [2.75, 3.05) is 25.0 Å². The van der Waals surface area contributed by atoms with Gasteiger partial charge in [-0.25, -0.2) is 5.01 Å². The molecule has 0 saturated heterocycles. The van der Waals surface area contributed by atoms with E-state index in [0.717, 1.165) is 16.6 Å². The first-order valence-electron chi connectivity index (χ1n) is 9.75. The smallest absolute Gasteiger partial charge is 0.323 e. The molecule has 8 heteroatoms. The number of carboxylic acids is 1. The first-order chi connectivity index (χ1) is 14.3. The highest BCUT2D eigenvalue weighted by Crippen LogP contribution is 2.29. The Labute approximate surface area is 174 Å². The average Bonchev–Trinajstić information content (AvgIpc) is 3.29. The van der Waals surface area contributed by atoms with Crippen LogP contribution in [0.1, 0.15) is 22.4 Å². The van der Waals surface area contributed by atoms with Crippen LogP contribution in [0.15, 0.2) is 40.9 Å². The van der Waals surface area contributed by atoms with Crippen molar-refractivity contribution in [3.05, 3.63) is 58.8 Å². The number of anilines is 1. The van der Waals surface area contributed by atoms with E-state index in [2.05, 4.69) is 17.3 Å². The molecule has 2 heterocycles. The fraction of sp³-hybridized carbons (Fsp3) is 0.318. The summed E-state index contributed by atoms with van der Waals surface area (Å²) in [6.45, 7) is 4.68. The lowest BCUT2D eigenvalue weighted by atomic mass is 10.1. The van der Waals surface area contributed by atoms with Gasteiger partial charge in [0.15, 0.2) is 5.58 Å². The van der Waals surface area contributed by atoms with Crippen molar-refractivity contribution in [1.82, 2.24) is 15.2 Å². The van der Waals surface area contributed by atoms with Gasteiger partial charge in [-0.15, -0.1) is 0 Å². The quantitative estimate of drug-likeness (QED) is 0.671. The number of carbonyl (C=O) groups excluding carboxylic acids is 1. The molecule has 4 rings (SSSR count). The molecule has 0 radical (unpaired) electrons. The fourth-order valence-electron chi connectivity index (χ4n) is 3.88. The van der Waals surface area contributed by atoms with E-state index in [0.29, 0.717) is 24.4 Å². The molecule has 1 N–H and O–H groups in total. The Kier molecular flexibility index (Phi) is 5.17. The Morgan fingerprint density at radius 1 is 1.13 bits per heavy atom. The molecule has 0 unspecified atom stereocenters. The predicted octanol–water partition coefficient (Wildman–Crippen LogP) is 2.72. The summed E-state index contributed by atoms with van der Waals surface area (Å²) in [5.41, 5.74) is 5.27. The molecule has 1 aliphatic heterocycles. The van der Waals surface area contributed by atoms with Gasteiger partial charge in [0.05, 0.1) is 12.2 Å². The van der Waals surface area contributed by atoms with Gasteiger partial charge in [-0.2, -0.15) is 0 Å². The van der Waals surface area contributed by atoms with Crippen LogP contribution in [0, 0.1) is 13.8 Å². The third kappa shape index (κ3) is 3.73. The van der Waals surface area contributed by atoms with Crippen LogP contribution < -0.4 is 4.90 Å². The van der Waals surface area contributed by atoms with Gasteiger partial charge in [-0.1, -0.05) is 29.4 Å². The van der Waals surface area contributed by atoms with E-state index in [1.54, 1.807) is 17.0 Å². The Balaban J connectivity index is 1.56. The van der Waals surface area contributed by atoms with Crippen LogP contribution in [0.25, 0.3) is 11.0 Å². The summed E-state index contributed by atoms with van der Waals surface area (Å²) < 4.78 is 5.30. The Morgan fingerprint density at radius 3 is 2.43 bits per heavy atom. The number of hydrogen-bond donors (Lipinski definition) is 1. The number of fused-ring (bicyclic) bond motifs is 2. The summed E-state index contributed by atoms with van der Waals surface area (Å²) in [7, 11) is 1.73. The van der Waals surface area contributed by atoms with Gasteiger partial charge < -0.3 is 14.5 Å². The molecular formula is C22H24N4O4. The van der Waals surface area contributed by atoms with Crippen molar-refractivity contribution < 1.29 is 19.2 Å². The molecule has 3 aromatic rings. The van der Waals surface area contributed by atoms with Crippen LogP contribution in [0.5, 0.6) is 0 Å². The second kappa shape index (κ2) is 7.79. The van der Waals surface area contributed by atoms with Gasteiger partial charge in [0, 0.05) is 31.2 Å². The maximum atomic E-state index is 13.1. The number of aliphatic carboxylic acids is 1. The summed E-state index contributed by atoms with van der Waals surface area (Å²) >= 11 is 0. The molecule has 8 nitrogen and oxygen atoms in total. The minimum atomic E-state index is -0.999. The fourth-order valence-corrected chi connectivity index (χ4v) is 3.88. The third-order valence-corrected chi connectivity index (χ3v) is 5.57. The van der Waals surface area contributed by atoms with Crippen molar-refractivity contribution in [3.8, 4) is 0 Å². The van der Waals surface area contributed by atoms with Crippen molar-refractivity contribution >= 4 is 28.5 Å². The van der Waals surface area contributed by atoms with E-state index in [1.807, 2.05) is 43.1 Å². The molecule has 2 aromatic carbocycles. The minimum Gasteiger partial charge on any atom is -0.480 e. The number of likely N-dealkylation sites (N-methyl/N-ethyl adjacent to an activating group) is 1. The number of aromatic nitrogens is 1. The van der Waals surface area contributed by atoms with Gasteiger partial charge in [-0.05, 0) is 42.7 Å². The molecule has 1 aliphatic rings. The summed E-state index contributed by atoms with van der Waals surface area (Å²) in [5.74, 6) is -1.17. The van der Waals surface area contributed by atoms with Gasteiger partial charge in [0.25, 0.3) is 5.91 Å². The number of carboxylic acid groups (broad SMARTS) is 1. The Hall–Kier alpha value is -3.39. The number of benzene rings is 2. The van der Waals surface area contributed by atoms with Crippen LogP contribution in [0.3, 0.4) is 0 Å². The molecule has 0 atom stereocenters. The molecule has 1 amide bonds. The SMILES string of the molecule is Cc1cc2onc(C)c2cc1N(CC(=O)O)CC(=O)N(C)N1Cc2ccccc2C1. The van der Waals surface area contributed by atoms with Crippen LogP contribution >= 0.6 is 0 Å². The molecule has 0 aliphatic carbocycles. The maximum Gasteiger partial charge on any atom is 0.323 e. The van der Waals surface area contributed by atoms with Crippen LogP contribution in [-0.2, 0) is 22.7 Å². The van der Waals surface area contributed by atoms with Crippen molar-refractivity contribution in [2.24, 2.45) is 0 Å². The maximum absolute atomic E-state index is 13.1. The van der Waals surface area contributed by atoms with Gasteiger partial charge >= 0.3 is 5.97 Å². The average molecular weight is 408 g/mol. The third-order valence-electron chi connectivity index (χ3n) is 5.57. The van der Waals surface area contributed by atoms with Gasteiger partial charge in [0.1, 0.15) is 6.54 Å². The number of rotatable bonds is 6. The molecule has 0 saturated carbocycles. The summed E-state index contributed by atoms with van der Waals surface area (Å²) in [6, 6.07) is 11.8. The Morgan fingerprint density at radius 2 is 1.80 bits per heavy atom. The minimum absolute atomic E-state index is 0.0493. The van der Waals surface area contributed by atoms with E-state index >= 15 is 0 Å². The first kappa shape index (κ1) is 19.9. The highest BCUT2D eigenvalue weighted by Gasteiger charge is 2.27. The predicted molar refractivity (Wildman–Crippen MR) is 112 cm³/mol. The lowest BCUT2D eigenvalue weighted by Crippen LogP contribution is -2.47. The summed E-state index contributed by atoms with van der Waals surface area (Å²) in [4.78, 5) is 26.2. The van der Waals surface area contributed by atoms with E-state index in [-0.39, 0.29) is 19.0 Å². The van der Waals surface area contributed by atoms with Gasteiger partial charge in [-0.3, -0.25) is 14.6 Å². The first-order valence-corrected chi connectivity index (χ1v) is 9.75. The van der Waals surface area contributed by atoms with Crippen molar-refractivity contribution in [1.29, 1.82) is 0 Å². The van der Waals surface area contributed by atoms with Crippen LogP contribution in [0.4, 0.5) is 5.69 Å². The van der Waals surface area contributed by atoms with E-state index in [9.17, 15) is 14.7 Å². The normalized spacial score (nSPS) is 13.4. The topological polar surface area (TPSA) is 90.1 Å². The molecule has 30 heavy (non-hydrogen) atoms. The monoisotopic (exact) mass is 408 g/mol. The zero-order valence-electron chi connectivity index (χ0n) is 17.3. The Bertz CT molecular complexity index is 1100. The number of carbonyl (C=O) groups is 2. The van der Waals surface area contributed by atoms with Crippen LogP contribution in [-0.4, -0.2) is 52.3 Å². The van der Waals surface area contributed by atoms with Gasteiger partial charge in [0.2, 0.25) is 0 Å². The summed E-state index contributed by atoms with van der Waals surface area (Å²) in [5, 5.41) is 17.8. The summed E-state index contributed by atoms with van der Waals surface area (Å²) in [6.07, 6.45) is 0. The second-order valence-electron chi connectivity index (χ2n) is 7.66. The second-order valence-corrected chi connectivity index (χ2v) is 7.66. The van der Waals surface area contributed by atoms with Crippen molar-refractivity contribution in [3.63, 3.8) is 0 Å². The molecule has 0 bridgehead atoms. The lowest BCUT2D eigenvalue weighted by Gasteiger charge is -2.31. The number of amides is 1. The zero-order chi connectivity index (χ0) is 21.4. The molecular weight excluding hydrogens is 384 g/mol. The largest absolute Gasteiger partial charge is 0.480 e.